The maximum Gasteiger partial charge on any atom is 0.137 e. The monoisotopic (exact) mass is 282 g/mol. The number of carbonyl (C=O) groups excluding carboxylic acids is 1. The summed E-state index contributed by atoms with van der Waals surface area (Å²) in [6.45, 7) is 0. The first-order valence-corrected chi connectivity index (χ1v) is 8.35. The van der Waals surface area contributed by atoms with Crippen molar-refractivity contribution in [3.63, 3.8) is 0 Å². The van der Waals surface area contributed by atoms with Crippen LogP contribution in [-0.4, -0.2) is 5.78 Å². The van der Waals surface area contributed by atoms with Crippen molar-refractivity contribution < 1.29 is 4.79 Å². The number of Topliss-reactive ketones (excluding diaryl/α,β-unsaturated/α-hetero) is 1. The smallest absolute Gasteiger partial charge is 0.137 e. The molecule has 3 atom stereocenters. The van der Waals surface area contributed by atoms with Crippen molar-refractivity contribution >= 4 is 17.1 Å². The van der Waals surface area contributed by atoms with E-state index in [0.29, 0.717) is 23.5 Å². The minimum absolute atomic E-state index is 0.318. The maximum absolute atomic E-state index is 12.5. The summed E-state index contributed by atoms with van der Waals surface area (Å²) in [6.07, 6.45) is 4.01. The molecule has 1 heterocycles. The van der Waals surface area contributed by atoms with Crippen LogP contribution in [0.1, 0.15) is 34.8 Å². The van der Waals surface area contributed by atoms with Crippen LogP contribution in [0.3, 0.4) is 0 Å². The SMILES string of the molecule is O=C(CCc1cccs1)C1C2CCc3ccccc3C21. The lowest BCUT2D eigenvalue weighted by molar-refractivity contribution is -0.120. The molecule has 0 saturated heterocycles. The van der Waals surface area contributed by atoms with Gasteiger partial charge >= 0.3 is 0 Å². The molecule has 0 N–H and O–H groups in total. The zero-order chi connectivity index (χ0) is 13.5. The van der Waals surface area contributed by atoms with Gasteiger partial charge in [-0.1, -0.05) is 30.3 Å². The summed E-state index contributed by atoms with van der Waals surface area (Å²) in [5.74, 6) is 1.99. The van der Waals surface area contributed by atoms with Crippen LogP contribution in [0.5, 0.6) is 0 Å². The van der Waals surface area contributed by atoms with Gasteiger partial charge in [0.25, 0.3) is 0 Å². The van der Waals surface area contributed by atoms with E-state index in [-0.39, 0.29) is 0 Å². The standard InChI is InChI=1S/C18H18OS/c19-16(10-8-13-5-3-11-20-13)18-15-9-7-12-4-1-2-6-14(12)17(15)18/h1-6,11,15,17-18H,7-10H2. The average Bonchev–Trinajstić information content (AvgIpc) is 3.00. The van der Waals surface area contributed by atoms with Crippen molar-refractivity contribution in [1.29, 1.82) is 0 Å². The summed E-state index contributed by atoms with van der Waals surface area (Å²) in [4.78, 5) is 13.8. The van der Waals surface area contributed by atoms with E-state index in [0.717, 1.165) is 19.3 Å². The van der Waals surface area contributed by atoms with E-state index in [1.165, 1.54) is 22.4 Å². The molecule has 0 bridgehead atoms. The Hall–Kier alpha value is -1.41. The van der Waals surface area contributed by atoms with Crippen LogP contribution < -0.4 is 0 Å². The minimum Gasteiger partial charge on any atom is -0.299 e. The molecular formula is C18H18OS. The minimum atomic E-state index is 0.318. The van der Waals surface area contributed by atoms with E-state index in [9.17, 15) is 4.79 Å². The van der Waals surface area contributed by atoms with Crippen LogP contribution in [-0.2, 0) is 17.6 Å². The molecule has 1 nitrogen and oxygen atoms in total. The van der Waals surface area contributed by atoms with Gasteiger partial charge in [0.2, 0.25) is 0 Å². The molecule has 1 aromatic carbocycles. The summed E-state index contributed by atoms with van der Waals surface area (Å²) in [5.41, 5.74) is 2.93. The maximum atomic E-state index is 12.5. The normalized spacial score (nSPS) is 26.7. The van der Waals surface area contributed by atoms with Crippen LogP contribution in [0.2, 0.25) is 0 Å². The fourth-order valence-electron chi connectivity index (χ4n) is 3.87. The second-order valence-electron chi connectivity index (χ2n) is 6.00. The molecule has 0 radical (unpaired) electrons. The lowest BCUT2D eigenvalue weighted by atomic mass is 9.92. The second-order valence-corrected chi connectivity index (χ2v) is 7.03. The van der Waals surface area contributed by atoms with Gasteiger partial charge in [0.05, 0.1) is 0 Å². The molecule has 102 valence electrons. The largest absolute Gasteiger partial charge is 0.299 e. The number of hydrogen-bond acceptors (Lipinski definition) is 2. The van der Waals surface area contributed by atoms with Gasteiger partial charge in [-0.2, -0.15) is 0 Å². The molecular weight excluding hydrogens is 264 g/mol. The van der Waals surface area contributed by atoms with Gasteiger partial charge in [-0.05, 0) is 53.7 Å². The highest BCUT2D eigenvalue weighted by atomic mass is 32.1. The molecule has 0 amide bonds. The van der Waals surface area contributed by atoms with Crippen molar-refractivity contribution in [2.45, 2.75) is 31.6 Å². The first kappa shape index (κ1) is 12.3. The average molecular weight is 282 g/mol. The van der Waals surface area contributed by atoms with Gasteiger partial charge in [-0.3, -0.25) is 4.79 Å². The van der Waals surface area contributed by atoms with E-state index in [1.54, 1.807) is 11.3 Å². The molecule has 1 fully saturated rings. The van der Waals surface area contributed by atoms with Crippen molar-refractivity contribution in [1.82, 2.24) is 0 Å². The number of fused-ring (bicyclic) bond motifs is 3. The van der Waals surface area contributed by atoms with Crippen molar-refractivity contribution in [2.24, 2.45) is 11.8 Å². The van der Waals surface area contributed by atoms with Gasteiger partial charge in [0, 0.05) is 17.2 Å². The van der Waals surface area contributed by atoms with E-state index in [4.69, 9.17) is 0 Å². The van der Waals surface area contributed by atoms with Crippen molar-refractivity contribution in [3.05, 3.63) is 57.8 Å². The highest BCUT2D eigenvalue weighted by molar-refractivity contribution is 7.09. The Morgan fingerprint density at radius 1 is 1.20 bits per heavy atom. The van der Waals surface area contributed by atoms with Gasteiger partial charge in [0.1, 0.15) is 5.78 Å². The fraction of sp³-hybridized carbons (Fsp3) is 0.389. The Morgan fingerprint density at radius 2 is 2.10 bits per heavy atom. The molecule has 1 saturated carbocycles. The van der Waals surface area contributed by atoms with Gasteiger partial charge in [-0.15, -0.1) is 11.3 Å². The zero-order valence-electron chi connectivity index (χ0n) is 11.4. The van der Waals surface area contributed by atoms with E-state index >= 15 is 0 Å². The van der Waals surface area contributed by atoms with E-state index in [2.05, 4.69) is 41.8 Å². The number of rotatable bonds is 4. The molecule has 2 aliphatic carbocycles. The van der Waals surface area contributed by atoms with Gasteiger partial charge < -0.3 is 0 Å². The fourth-order valence-corrected chi connectivity index (χ4v) is 4.58. The predicted molar refractivity (Wildman–Crippen MR) is 82.1 cm³/mol. The number of carbonyl (C=O) groups is 1. The first-order valence-electron chi connectivity index (χ1n) is 7.47. The Bertz CT molecular complexity index is 629. The van der Waals surface area contributed by atoms with Gasteiger partial charge in [-0.25, -0.2) is 0 Å². The van der Waals surface area contributed by atoms with Crippen LogP contribution in [0.15, 0.2) is 41.8 Å². The highest BCUT2D eigenvalue weighted by Gasteiger charge is 2.56. The summed E-state index contributed by atoms with van der Waals surface area (Å²) in [5, 5.41) is 2.09. The van der Waals surface area contributed by atoms with Gasteiger partial charge in [0.15, 0.2) is 0 Å². The molecule has 2 aromatic rings. The summed E-state index contributed by atoms with van der Waals surface area (Å²) in [6, 6.07) is 12.9. The van der Waals surface area contributed by atoms with Crippen molar-refractivity contribution in [2.75, 3.05) is 0 Å². The zero-order valence-corrected chi connectivity index (χ0v) is 12.2. The summed E-state index contributed by atoms with van der Waals surface area (Å²) >= 11 is 1.76. The Kier molecular flexibility index (Phi) is 2.99. The third kappa shape index (κ3) is 2.03. The van der Waals surface area contributed by atoms with Crippen LogP contribution in [0.25, 0.3) is 0 Å². The van der Waals surface area contributed by atoms with Crippen LogP contribution in [0.4, 0.5) is 0 Å². The van der Waals surface area contributed by atoms with Crippen molar-refractivity contribution in [3.8, 4) is 0 Å². The molecule has 2 heteroatoms. The highest BCUT2D eigenvalue weighted by Crippen LogP contribution is 2.60. The lowest BCUT2D eigenvalue weighted by Gasteiger charge is -2.13. The summed E-state index contributed by atoms with van der Waals surface area (Å²) < 4.78 is 0. The molecule has 1 aromatic heterocycles. The lowest BCUT2D eigenvalue weighted by Crippen LogP contribution is -2.04. The van der Waals surface area contributed by atoms with Crippen LogP contribution >= 0.6 is 11.3 Å². The number of benzene rings is 1. The number of aryl methyl sites for hydroxylation is 2. The third-order valence-electron chi connectivity index (χ3n) is 4.90. The molecule has 3 unspecified atom stereocenters. The quantitative estimate of drug-likeness (QED) is 0.820. The number of hydrogen-bond donors (Lipinski definition) is 0. The predicted octanol–water partition coefficient (Wildman–Crippen LogP) is 4.23. The topological polar surface area (TPSA) is 17.1 Å². The molecule has 0 aliphatic heterocycles. The van der Waals surface area contributed by atoms with E-state index in [1.807, 2.05) is 0 Å². The molecule has 2 aliphatic rings. The summed E-state index contributed by atoms with van der Waals surface area (Å²) in [7, 11) is 0. The molecule has 20 heavy (non-hydrogen) atoms. The Morgan fingerprint density at radius 3 is 2.95 bits per heavy atom. The van der Waals surface area contributed by atoms with E-state index < -0.39 is 0 Å². The molecule has 4 rings (SSSR count). The number of ketones is 1. The number of thiophene rings is 1. The Labute approximate surface area is 123 Å². The third-order valence-corrected chi connectivity index (χ3v) is 5.84. The Balaban J connectivity index is 1.45. The molecule has 0 spiro atoms. The second kappa shape index (κ2) is 4.85. The van der Waals surface area contributed by atoms with Crippen LogP contribution in [0, 0.1) is 11.8 Å². The first-order chi connectivity index (χ1) is 9.84.